The molecule has 1 heterocycles. The molecule has 0 unspecified atom stereocenters. The van der Waals surface area contributed by atoms with Crippen molar-refractivity contribution < 1.29 is 14.6 Å². The Morgan fingerprint density at radius 2 is 2.04 bits per heavy atom. The quantitative estimate of drug-likeness (QED) is 0.625. The second-order valence-electron chi connectivity index (χ2n) is 6.91. The number of ether oxygens (including phenoxy) is 1. The number of carbonyl (C=O) groups is 1. The van der Waals surface area contributed by atoms with Gasteiger partial charge in [-0.2, -0.15) is 5.26 Å². The number of hydrogen-bond donors (Lipinski definition) is 2. The van der Waals surface area contributed by atoms with Crippen LogP contribution in [0.15, 0.2) is 42.5 Å². The second-order valence-corrected chi connectivity index (χ2v) is 6.91. The van der Waals surface area contributed by atoms with Crippen LogP contribution in [0.1, 0.15) is 37.8 Å². The Morgan fingerprint density at radius 1 is 1.29 bits per heavy atom. The monoisotopic (exact) mass is 375 g/mol. The van der Waals surface area contributed by atoms with E-state index in [-0.39, 0.29) is 0 Å². The van der Waals surface area contributed by atoms with Gasteiger partial charge >= 0.3 is 6.09 Å². The number of hydrogen-bond acceptors (Lipinski definition) is 3. The van der Waals surface area contributed by atoms with Crippen molar-refractivity contribution in [2.75, 3.05) is 11.9 Å². The molecule has 0 saturated heterocycles. The van der Waals surface area contributed by atoms with Gasteiger partial charge < -0.3 is 14.4 Å². The molecule has 2 N–H and O–H groups in total. The first kappa shape index (κ1) is 17.9. The number of anilines is 1. The SMILES string of the molecule is CCOc1ccc2c(c1)c(C#N)c(-c1ccc(NC(=O)O)cc1)n2C1CCC1. The maximum Gasteiger partial charge on any atom is 0.409 e. The second kappa shape index (κ2) is 7.28. The molecule has 0 radical (unpaired) electrons. The normalized spacial score (nSPS) is 13.7. The molecule has 4 rings (SSSR count). The summed E-state index contributed by atoms with van der Waals surface area (Å²) in [5.41, 5.74) is 3.95. The van der Waals surface area contributed by atoms with Crippen molar-refractivity contribution in [3.8, 4) is 23.1 Å². The highest BCUT2D eigenvalue weighted by Gasteiger charge is 2.27. The number of amides is 1. The van der Waals surface area contributed by atoms with Gasteiger partial charge in [0.05, 0.1) is 23.4 Å². The van der Waals surface area contributed by atoms with E-state index < -0.39 is 6.09 Å². The first-order valence-corrected chi connectivity index (χ1v) is 9.43. The Morgan fingerprint density at radius 3 is 2.61 bits per heavy atom. The summed E-state index contributed by atoms with van der Waals surface area (Å²) in [4.78, 5) is 10.8. The fourth-order valence-corrected chi connectivity index (χ4v) is 3.81. The minimum atomic E-state index is -1.10. The zero-order chi connectivity index (χ0) is 19.7. The zero-order valence-electron chi connectivity index (χ0n) is 15.6. The van der Waals surface area contributed by atoms with Crippen LogP contribution in [0.2, 0.25) is 0 Å². The Bertz CT molecular complexity index is 1070. The molecule has 1 saturated carbocycles. The fourth-order valence-electron chi connectivity index (χ4n) is 3.81. The third-order valence-corrected chi connectivity index (χ3v) is 5.25. The number of benzene rings is 2. The van der Waals surface area contributed by atoms with E-state index in [9.17, 15) is 10.1 Å². The molecule has 0 atom stereocenters. The van der Waals surface area contributed by atoms with E-state index in [1.165, 1.54) is 6.42 Å². The number of nitrogens with one attached hydrogen (secondary N) is 1. The van der Waals surface area contributed by atoms with Gasteiger partial charge in [0.25, 0.3) is 0 Å². The fraction of sp³-hybridized carbons (Fsp3) is 0.273. The summed E-state index contributed by atoms with van der Waals surface area (Å²) in [6, 6.07) is 15.8. The molecule has 2 aromatic carbocycles. The third kappa shape index (κ3) is 3.05. The molecule has 1 fully saturated rings. The molecule has 142 valence electrons. The molecule has 1 amide bonds. The highest BCUT2D eigenvalue weighted by Crippen LogP contribution is 2.43. The van der Waals surface area contributed by atoms with Gasteiger partial charge in [-0.15, -0.1) is 0 Å². The van der Waals surface area contributed by atoms with Crippen molar-refractivity contribution in [3.05, 3.63) is 48.0 Å². The first-order valence-electron chi connectivity index (χ1n) is 9.43. The summed E-state index contributed by atoms with van der Waals surface area (Å²) < 4.78 is 7.91. The Labute approximate surface area is 163 Å². The van der Waals surface area contributed by atoms with Crippen LogP contribution in [0.25, 0.3) is 22.2 Å². The molecule has 28 heavy (non-hydrogen) atoms. The molecule has 0 spiro atoms. The topological polar surface area (TPSA) is 87.3 Å². The molecule has 1 aliphatic rings. The van der Waals surface area contributed by atoms with Gasteiger partial charge in [0, 0.05) is 17.1 Å². The van der Waals surface area contributed by atoms with E-state index >= 15 is 0 Å². The third-order valence-electron chi connectivity index (χ3n) is 5.25. The lowest BCUT2D eigenvalue weighted by Gasteiger charge is -2.30. The van der Waals surface area contributed by atoms with Crippen molar-refractivity contribution in [3.63, 3.8) is 0 Å². The van der Waals surface area contributed by atoms with Crippen LogP contribution < -0.4 is 10.1 Å². The van der Waals surface area contributed by atoms with E-state index in [1.54, 1.807) is 12.1 Å². The number of rotatable bonds is 5. The highest BCUT2D eigenvalue weighted by molar-refractivity contribution is 5.96. The van der Waals surface area contributed by atoms with Crippen molar-refractivity contribution in [2.24, 2.45) is 0 Å². The van der Waals surface area contributed by atoms with Crippen LogP contribution >= 0.6 is 0 Å². The molecule has 3 aromatic rings. The lowest BCUT2D eigenvalue weighted by molar-refractivity contribution is 0.209. The number of nitrogens with zero attached hydrogens (tertiary/aromatic N) is 2. The molecule has 6 nitrogen and oxygen atoms in total. The van der Waals surface area contributed by atoms with Gasteiger partial charge in [-0.3, -0.25) is 5.32 Å². The van der Waals surface area contributed by atoms with Crippen molar-refractivity contribution in [1.29, 1.82) is 5.26 Å². The van der Waals surface area contributed by atoms with Gasteiger partial charge in [-0.1, -0.05) is 12.1 Å². The van der Waals surface area contributed by atoms with Gasteiger partial charge in [-0.05, 0) is 62.1 Å². The standard InChI is InChI=1S/C22H21N3O3/c1-2-28-17-10-11-20-18(12-17)19(13-23)21(25(20)16-4-3-5-16)14-6-8-15(9-7-14)24-22(26)27/h6-12,16,24H,2-5H2,1H3,(H,26,27). The van der Waals surface area contributed by atoms with Crippen LogP contribution in [0, 0.1) is 11.3 Å². The molecule has 0 aliphatic heterocycles. The smallest absolute Gasteiger partial charge is 0.409 e. The zero-order valence-corrected chi connectivity index (χ0v) is 15.6. The highest BCUT2D eigenvalue weighted by atomic mass is 16.5. The van der Waals surface area contributed by atoms with Gasteiger partial charge in [0.15, 0.2) is 0 Å². The number of fused-ring (bicyclic) bond motifs is 1. The summed E-state index contributed by atoms with van der Waals surface area (Å²) in [5, 5.41) is 22.1. The molecule has 6 heteroatoms. The van der Waals surface area contributed by atoms with E-state index in [0.717, 1.165) is 40.8 Å². The van der Waals surface area contributed by atoms with Crippen LogP contribution in [-0.4, -0.2) is 22.4 Å². The average Bonchev–Trinajstić information content (AvgIpc) is 2.94. The summed E-state index contributed by atoms with van der Waals surface area (Å²) in [7, 11) is 0. The van der Waals surface area contributed by atoms with E-state index in [0.29, 0.717) is 23.9 Å². The number of aromatic nitrogens is 1. The van der Waals surface area contributed by atoms with Gasteiger partial charge in [0.2, 0.25) is 0 Å². The maximum absolute atomic E-state index is 10.8. The van der Waals surface area contributed by atoms with E-state index in [2.05, 4.69) is 16.0 Å². The minimum absolute atomic E-state index is 0.370. The summed E-state index contributed by atoms with van der Waals surface area (Å²) in [6.45, 7) is 2.51. The van der Waals surface area contributed by atoms with Crippen molar-refractivity contribution in [2.45, 2.75) is 32.2 Å². The van der Waals surface area contributed by atoms with Gasteiger partial charge in [0.1, 0.15) is 11.8 Å². The summed E-state index contributed by atoms with van der Waals surface area (Å²) in [6.07, 6.45) is 2.27. The van der Waals surface area contributed by atoms with Crippen LogP contribution in [0.4, 0.5) is 10.5 Å². The number of nitriles is 1. The largest absolute Gasteiger partial charge is 0.494 e. The molecule has 0 bridgehead atoms. The van der Waals surface area contributed by atoms with Crippen molar-refractivity contribution >= 4 is 22.7 Å². The Kier molecular flexibility index (Phi) is 4.66. The molecular weight excluding hydrogens is 354 g/mol. The van der Waals surface area contributed by atoms with Crippen LogP contribution in [0.3, 0.4) is 0 Å². The predicted molar refractivity (Wildman–Crippen MR) is 108 cm³/mol. The summed E-state index contributed by atoms with van der Waals surface area (Å²) in [5.74, 6) is 0.754. The van der Waals surface area contributed by atoms with Gasteiger partial charge in [-0.25, -0.2) is 4.79 Å². The van der Waals surface area contributed by atoms with Crippen LogP contribution in [-0.2, 0) is 0 Å². The maximum atomic E-state index is 10.8. The van der Waals surface area contributed by atoms with E-state index in [4.69, 9.17) is 9.84 Å². The molecular formula is C22H21N3O3. The first-order chi connectivity index (χ1) is 13.6. The predicted octanol–water partition coefficient (Wildman–Crippen LogP) is 5.39. The lowest BCUT2D eigenvalue weighted by atomic mass is 9.92. The lowest BCUT2D eigenvalue weighted by Crippen LogP contribution is -2.17. The number of carboxylic acid groups (broad SMARTS) is 1. The molecule has 1 aromatic heterocycles. The summed E-state index contributed by atoms with van der Waals surface area (Å²) >= 11 is 0. The van der Waals surface area contributed by atoms with E-state index in [1.807, 2.05) is 37.3 Å². The molecule has 1 aliphatic carbocycles. The van der Waals surface area contributed by atoms with Crippen LogP contribution in [0.5, 0.6) is 5.75 Å². The average molecular weight is 375 g/mol. The Balaban J connectivity index is 1.90. The Hall–Kier alpha value is -3.46. The minimum Gasteiger partial charge on any atom is -0.494 e. The van der Waals surface area contributed by atoms with Crippen molar-refractivity contribution in [1.82, 2.24) is 4.57 Å².